The van der Waals surface area contributed by atoms with E-state index >= 15 is 0 Å². The van der Waals surface area contributed by atoms with Gasteiger partial charge in [0.2, 0.25) is 13.6 Å². The highest BCUT2D eigenvalue weighted by molar-refractivity contribution is 6.18. The SMILES string of the molecule is CCCCCCCC(=O)c1ccc(OCOC(C)=O)c(C(=O)c2ccccc2C(=O)OOC(=O)c2ccccc2C(=O)c2cc(C(=O)CCCCCCC)ccc2OCOC(C)=O)c1. The summed E-state index contributed by atoms with van der Waals surface area (Å²) in [7, 11) is 0. The van der Waals surface area contributed by atoms with Gasteiger partial charge in [-0.2, -0.15) is 0 Å². The first-order valence-corrected chi connectivity index (χ1v) is 21.4. The first-order chi connectivity index (χ1) is 30.9. The molecule has 0 N–H and O–H groups in total. The summed E-state index contributed by atoms with van der Waals surface area (Å²) >= 11 is 0. The molecule has 4 aromatic carbocycles. The number of carbonyl (C=O) groups excluding carboxylic acids is 8. The number of ketones is 4. The van der Waals surface area contributed by atoms with Crippen molar-refractivity contribution in [2.24, 2.45) is 0 Å². The topological polar surface area (TPSA) is 192 Å². The zero-order valence-corrected chi connectivity index (χ0v) is 36.7. The number of hydrogen-bond donors (Lipinski definition) is 0. The second-order valence-corrected chi connectivity index (χ2v) is 14.9. The van der Waals surface area contributed by atoms with Crippen LogP contribution in [0.3, 0.4) is 0 Å². The van der Waals surface area contributed by atoms with E-state index in [-0.39, 0.29) is 80.4 Å². The van der Waals surface area contributed by atoms with Gasteiger partial charge in [-0.3, -0.25) is 28.8 Å². The maximum atomic E-state index is 14.2. The van der Waals surface area contributed by atoms with Gasteiger partial charge in [-0.1, -0.05) is 102 Å². The molecule has 4 aromatic rings. The van der Waals surface area contributed by atoms with Crippen molar-refractivity contribution in [3.8, 4) is 11.5 Å². The Hall–Kier alpha value is -6.96. The van der Waals surface area contributed by atoms with Crippen LogP contribution in [0.4, 0.5) is 0 Å². The molecule has 338 valence electrons. The molecule has 0 unspecified atom stereocenters. The summed E-state index contributed by atoms with van der Waals surface area (Å²) in [6.07, 6.45) is 9.82. The van der Waals surface area contributed by atoms with E-state index in [0.717, 1.165) is 51.4 Å². The summed E-state index contributed by atoms with van der Waals surface area (Å²) in [5, 5.41) is 0. The Kier molecular flexibility index (Phi) is 20.1. The minimum atomic E-state index is -1.25. The van der Waals surface area contributed by atoms with E-state index in [9.17, 15) is 38.4 Å². The van der Waals surface area contributed by atoms with Gasteiger partial charge in [0.25, 0.3) is 0 Å². The number of hydrogen-bond acceptors (Lipinski definition) is 14. The number of esters is 2. The quantitative estimate of drug-likeness (QED) is 0.0144. The molecular weight excluding hydrogens is 825 g/mol. The van der Waals surface area contributed by atoms with Gasteiger partial charge in [-0.05, 0) is 61.4 Å². The van der Waals surface area contributed by atoms with Gasteiger partial charge in [0.1, 0.15) is 11.5 Å². The summed E-state index contributed by atoms with van der Waals surface area (Å²) in [6, 6.07) is 19.6. The Bertz CT molecular complexity index is 2150. The molecule has 0 saturated carbocycles. The van der Waals surface area contributed by atoms with Crippen LogP contribution in [0.2, 0.25) is 0 Å². The van der Waals surface area contributed by atoms with E-state index in [4.69, 9.17) is 28.7 Å². The average Bonchev–Trinajstić information content (AvgIpc) is 3.29. The Morgan fingerprint density at radius 3 is 1.14 bits per heavy atom. The number of Topliss-reactive ketones (excluding diaryl/α,β-unsaturated/α-hetero) is 2. The minimum Gasteiger partial charge on any atom is -0.457 e. The maximum absolute atomic E-state index is 14.2. The fourth-order valence-corrected chi connectivity index (χ4v) is 6.61. The lowest BCUT2D eigenvalue weighted by atomic mass is 9.94. The minimum absolute atomic E-state index is 0.0288. The van der Waals surface area contributed by atoms with Crippen LogP contribution < -0.4 is 9.47 Å². The molecule has 0 aliphatic heterocycles. The summed E-state index contributed by atoms with van der Waals surface area (Å²) < 4.78 is 21.0. The highest BCUT2D eigenvalue weighted by atomic mass is 17.2. The first-order valence-electron chi connectivity index (χ1n) is 21.4. The summed E-state index contributed by atoms with van der Waals surface area (Å²) in [5.41, 5.74) is -0.769. The molecule has 14 nitrogen and oxygen atoms in total. The van der Waals surface area contributed by atoms with Crippen LogP contribution in [0.1, 0.15) is 178 Å². The molecule has 0 aliphatic carbocycles. The van der Waals surface area contributed by atoms with Crippen LogP contribution in [-0.4, -0.2) is 60.6 Å². The molecule has 0 saturated heterocycles. The maximum Gasteiger partial charge on any atom is 0.387 e. The molecule has 0 fully saturated rings. The largest absolute Gasteiger partial charge is 0.457 e. The van der Waals surface area contributed by atoms with E-state index in [0.29, 0.717) is 12.8 Å². The molecule has 0 spiro atoms. The number of unbranched alkanes of at least 4 members (excludes halogenated alkanes) is 8. The third-order valence-corrected chi connectivity index (χ3v) is 10.0. The van der Waals surface area contributed by atoms with Crippen molar-refractivity contribution in [3.63, 3.8) is 0 Å². The summed E-state index contributed by atoms with van der Waals surface area (Å²) in [4.78, 5) is 115. The van der Waals surface area contributed by atoms with Gasteiger partial charge < -0.3 is 18.9 Å². The second-order valence-electron chi connectivity index (χ2n) is 14.9. The normalized spacial score (nSPS) is 10.6. The zero-order chi connectivity index (χ0) is 46.4. The van der Waals surface area contributed by atoms with Crippen LogP contribution >= 0.6 is 0 Å². The highest BCUT2D eigenvalue weighted by Crippen LogP contribution is 2.29. The summed E-state index contributed by atoms with van der Waals surface area (Å²) in [6.45, 7) is 5.49. The Morgan fingerprint density at radius 2 is 0.781 bits per heavy atom. The van der Waals surface area contributed by atoms with Crippen molar-refractivity contribution in [1.82, 2.24) is 0 Å². The van der Waals surface area contributed by atoms with E-state index in [1.807, 2.05) is 0 Å². The lowest BCUT2D eigenvalue weighted by Crippen LogP contribution is -2.18. The van der Waals surface area contributed by atoms with Gasteiger partial charge in [0.15, 0.2) is 23.1 Å². The zero-order valence-electron chi connectivity index (χ0n) is 36.7. The van der Waals surface area contributed by atoms with Gasteiger partial charge >= 0.3 is 23.9 Å². The van der Waals surface area contributed by atoms with E-state index < -0.39 is 49.0 Å². The fraction of sp³-hybridized carbons (Fsp3) is 0.360. The lowest BCUT2D eigenvalue weighted by molar-refractivity contribution is -0.187. The molecule has 0 aliphatic rings. The molecule has 0 aromatic heterocycles. The third kappa shape index (κ3) is 14.8. The molecule has 14 heteroatoms. The molecular formula is C50H54O14. The van der Waals surface area contributed by atoms with Gasteiger partial charge in [-0.15, -0.1) is 0 Å². The molecule has 0 radical (unpaired) electrons. The van der Waals surface area contributed by atoms with Crippen molar-refractivity contribution >= 4 is 47.0 Å². The van der Waals surface area contributed by atoms with Gasteiger partial charge in [0.05, 0.1) is 22.3 Å². The van der Waals surface area contributed by atoms with Gasteiger partial charge in [-0.25, -0.2) is 19.4 Å². The van der Waals surface area contributed by atoms with E-state index in [1.54, 1.807) is 0 Å². The average molecular weight is 879 g/mol. The molecule has 0 amide bonds. The van der Waals surface area contributed by atoms with Crippen molar-refractivity contribution in [2.75, 3.05) is 13.6 Å². The Morgan fingerprint density at radius 1 is 0.422 bits per heavy atom. The van der Waals surface area contributed by atoms with Crippen LogP contribution in [0.25, 0.3) is 0 Å². The molecule has 0 atom stereocenters. The smallest absolute Gasteiger partial charge is 0.387 e. The van der Waals surface area contributed by atoms with Crippen molar-refractivity contribution in [3.05, 3.63) is 129 Å². The van der Waals surface area contributed by atoms with Crippen molar-refractivity contribution < 1.29 is 67.1 Å². The molecule has 0 bridgehead atoms. The van der Waals surface area contributed by atoms with Crippen LogP contribution in [0, 0.1) is 0 Å². The van der Waals surface area contributed by atoms with Crippen LogP contribution in [-0.2, 0) is 28.8 Å². The summed E-state index contributed by atoms with van der Waals surface area (Å²) in [5.74, 6) is -5.71. The fourth-order valence-electron chi connectivity index (χ4n) is 6.61. The third-order valence-electron chi connectivity index (χ3n) is 10.0. The monoisotopic (exact) mass is 878 g/mol. The number of ether oxygens (including phenoxy) is 4. The predicted octanol–water partition coefficient (Wildman–Crippen LogP) is 9.96. The number of carbonyl (C=O) groups is 8. The van der Waals surface area contributed by atoms with Crippen molar-refractivity contribution in [2.45, 2.75) is 105 Å². The standard InChI is InChI=1S/C50H54O14/c1-5-7-9-11-13-23-43(53)35-25-27-45(61-31-59-33(3)51)41(29-35)47(55)37-19-15-17-21-39(37)49(57)63-64-50(58)40-22-18-16-20-38(40)48(56)42-30-36(44(54)24-14-12-10-8-6-2)26-28-46(42)62-32-60-34(4)52/h15-22,25-30H,5-14,23-24,31-32H2,1-4H3. The highest BCUT2D eigenvalue weighted by Gasteiger charge is 2.28. The predicted molar refractivity (Wildman–Crippen MR) is 233 cm³/mol. The second kappa shape index (κ2) is 25.8. The number of rotatable bonds is 26. The van der Waals surface area contributed by atoms with E-state index in [2.05, 4.69) is 13.8 Å². The first kappa shape index (κ1) is 49.7. The number of benzene rings is 4. The Balaban J connectivity index is 1.57. The molecule has 4 rings (SSSR count). The lowest BCUT2D eigenvalue weighted by Gasteiger charge is -2.14. The van der Waals surface area contributed by atoms with Gasteiger partial charge in [0, 0.05) is 48.9 Å². The Labute approximate surface area is 372 Å². The molecule has 64 heavy (non-hydrogen) atoms. The van der Waals surface area contributed by atoms with Crippen LogP contribution in [0.5, 0.6) is 11.5 Å². The van der Waals surface area contributed by atoms with Crippen LogP contribution in [0.15, 0.2) is 84.9 Å². The molecule has 0 heterocycles. The van der Waals surface area contributed by atoms with E-state index in [1.165, 1.54) is 98.8 Å². The van der Waals surface area contributed by atoms with Crippen molar-refractivity contribution in [1.29, 1.82) is 0 Å².